The van der Waals surface area contributed by atoms with E-state index in [2.05, 4.69) is 48.3 Å². The summed E-state index contributed by atoms with van der Waals surface area (Å²) in [5.41, 5.74) is 6.20. The molecule has 1 aliphatic carbocycles. The molecule has 5 nitrogen and oxygen atoms in total. The van der Waals surface area contributed by atoms with Crippen molar-refractivity contribution in [3.05, 3.63) is 88.3 Å². The number of carbonyl (C=O) groups is 2. The van der Waals surface area contributed by atoms with Crippen molar-refractivity contribution in [2.75, 3.05) is 24.6 Å². The smallest absolute Gasteiger partial charge is 0.336 e. The van der Waals surface area contributed by atoms with Crippen LogP contribution in [0.25, 0.3) is 0 Å². The van der Waals surface area contributed by atoms with Gasteiger partial charge in [-0.15, -0.1) is 0 Å². The topological polar surface area (TPSA) is 58.6 Å². The van der Waals surface area contributed by atoms with Crippen LogP contribution in [0.1, 0.15) is 57.1 Å². The summed E-state index contributed by atoms with van der Waals surface area (Å²) in [6.45, 7) is 8.33. The van der Waals surface area contributed by atoms with Crippen molar-refractivity contribution >= 4 is 17.4 Å². The highest BCUT2D eigenvalue weighted by Gasteiger charge is 2.39. The third kappa shape index (κ3) is 4.93. The Kier molecular flexibility index (Phi) is 7.51. The third-order valence-corrected chi connectivity index (χ3v) is 6.82. The van der Waals surface area contributed by atoms with Crippen LogP contribution in [0, 0.1) is 0 Å². The molecular weight excluding hydrogens is 424 g/mol. The Morgan fingerprint density at radius 3 is 2.41 bits per heavy atom. The summed E-state index contributed by atoms with van der Waals surface area (Å²) in [7, 11) is 0. The predicted molar refractivity (Wildman–Crippen MR) is 136 cm³/mol. The zero-order valence-corrected chi connectivity index (χ0v) is 20.4. The maximum Gasteiger partial charge on any atom is 0.336 e. The first-order valence-corrected chi connectivity index (χ1v) is 12.3. The fourth-order valence-electron chi connectivity index (χ4n) is 5.04. The van der Waals surface area contributed by atoms with Gasteiger partial charge in [-0.1, -0.05) is 42.5 Å². The summed E-state index contributed by atoms with van der Waals surface area (Å²) in [6.07, 6.45) is 2.83. The summed E-state index contributed by atoms with van der Waals surface area (Å²) in [5, 5.41) is 3.36. The maximum absolute atomic E-state index is 13.4. The van der Waals surface area contributed by atoms with Gasteiger partial charge >= 0.3 is 5.97 Å². The number of hydrogen-bond donors (Lipinski definition) is 1. The molecule has 5 heteroatoms. The van der Waals surface area contributed by atoms with Gasteiger partial charge < -0.3 is 15.0 Å². The van der Waals surface area contributed by atoms with Crippen molar-refractivity contribution < 1.29 is 14.3 Å². The molecule has 0 bridgehead atoms. The first-order chi connectivity index (χ1) is 16.5. The Hall–Kier alpha value is -3.34. The second kappa shape index (κ2) is 10.7. The number of ether oxygens (including phenoxy) is 1. The fraction of sp³-hybridized carbons (Fsp3) is 0.379. The Morgan fingerprint density at radius 2 is 1.74 bits per heavy atom. The van der Waals surface area contributed by atoms with Crippen molar-refractivity contribution in [2.24, 2.45) is 0 Å². The van der Waals surface area contributed by atoms with Gasteiger partial charge in [-0.05, 0) is 56.9 Å². The van der Waals surface area contributed by atoms with Crippen LogP contribution in [-0.4, -0.2) is 31.4 Å². The summed E-state index contributed by atoms with van der Waals surface area (Å²) in [4.78, 5) is 28.7. The largest absolute Gasteiger partial charge is 0.462 e. The van der Waals surface area contributed by atoms with E-state index >= 15 is 0 Å². The third-order valence-electron chi connectivity index (χ3n) is 6.82. The van der Waals surface area contributed by atoms with Crippen molar-refractivity contribution in [3.63, 3.8) is 0 Å². The van der Waals surface area contributed by atoms with Gasteiger partial charge in [-0.25, -0.2) is 4.79 Å². The van der Waals surface area contributed by atoms with Gasteiger partial charge in [0.05, 0.1) is 12.2 Å². The van der Waals surface area contributed by atoms with E-state index in [1.807, 2.05) is 37.3 Å². The predicted octanol–water partition coefficient (Wildman–Crippen LogP) is 5.29. The molecule has 0 radical (unpaired) electrons. The number of anilines is 1. The first kappa shape index (κ1) is 23.8. The number of nitrogens with zero attached hydrogens (tertiary/aromatic N) is 1. The summed E-state index contributed by atoms with van der Waals surface area (Å²) < 4.78 is 5.74. The lowest BCUT2D eigenvalue weighted by molar-refractivity contribution is -0.139. The van der Waals surface area contributed by atoms with Crippen LogP contribution in [0.3, 0.4) is 0 Å². The van der Waals surface area contributed by atoms with Gasteiger partial charge in [-0.2, -0.15) is 0 Å². The highest BCUT2D eigenvalue weighted by molar-refractivity contribution is 6.03. The van der Waals surface area contributed by atoms with Gasteiger partial charge in [0.1, 0.15) is 0 Å². The van der Waals surface area contributed by atoms with Gasteiger partial charge in [0.25, 0.3) is 0 Å². The first-order valence-electron chi connectivity index (χ1n) is 12.3. The number of nitrogens with one attached hydrogen (secondary N) is 1. The molecule has 34 heavy (non-hydrogen) atoms. The van der Waals surface area contributed by atoms with Crippen LogP contribution in [-0.2, 0) is 20.7 Å². The molecule has 2 aromatic rings. The Morgan fingerprint density at radius 1 is 1.03 bits per heavy atom. The van der Waals surface area contributed by atoms with E-state index in [0.717, 1.165) is 59.7 Å². The Labute approximate surface area is 202 Å². The van der Waals surface area contributed by atoms with E-state index in [-0.39, 0.29) is 11.8 Å². The number of hydrogen-bond acceptors (Lipinski definition) is 5. The van der Waals surface area contributed by atoms with E-state index in [0.29, 0.717) is 25.0 Å². The number of benzene rings is 2. The average Bonchev–Trinajstić information content (AvgIpc) is 2.85. The summed E-state index contributed by atoms with van der Waals surface area (Å²) in [6, 6.07) is 18.3. The van der Waals surface area contributed by atoms with Crippen molar-refractivity contribution in [1.29, 1.82) is 0 Å². The Bertz CT molecular complexity index is 1100. The molecular formula is C29H34N2O3. The van der Waals surface area contributed by atoms with Crippen LogP contribution >= 0.6 is 0 Å². The number of carbonyl (C=O) groups excluding carboxylic acids is 2. The highest BCUT2D eigenvalue weighted by Crippen LogP contribution is 2.42. The van der Waals surface area contributed by atoms with Crippen molar-refractivity contribution in [1.82, 2.24) is 5.32 Å². The minimum absolute atomic E-state index is 0.119. The van der Waals surface area contributed by atoms with Gasteiger partial charge in [0.15, 0.2) is 5.78 Å². The molecule has 0 fully saturated rings. The SMILES string of the molecule is CCN(CC)c1ccc([C@H]2C(C(=O)OCCc3ccccc3)=C(C)NC3=C2C(=O)CCC3)cc1. The van der Waals surface area contributed by atoms with E-state index in [1.165, 1.54) is 0 Å². The standard InChI is InChI=1S/C29H34N2O3/c1-4-31(5-2)23-16-14-22(15-17-23)27-26(20(3)30-24-12-9-13-25(32)28(24)27)29(33)34-19-18-21-10-7-6-8-11-21/h6-8,10-11,14-17,27,30H,4-5,9,12-13,18-19H2,1-3H3/t27-/m0/s1. The zero-order chi connectivity index (χ0) is 24.1. The average molecular weight is 459 g/mol. The maximum atomic E-state index is 13.4. The minimum atomic E-state index is -0.404. The molecule has 0 amide bonds. The second-order valence-electron chi connectivity index (χ2n) is 8.90. The molecule has 178 valence electrons. The second-order valence-corrected chi connectivity index (χ2v) is 8.90. The number of dihydropyridines is 1. The normalized spacial score (nSPS) is 17.9. The molecule has 0 spiro atoms. The van der Waals surface area contributed by atoms with Crippen molar-refractivity contribution in [3.8, 4) is 0 Å². The molecule has 1 N–H and O–H groups in total. The Balaban J connectivity index is 1.63. The lowest BCUT2D eigenvalue weighted by Crippen LogP contribution is -2.34. The monoisotopic (exact) mass is 458 g/mol. The van der Waals surface area contributed by atoms with E-state index < -0.39 is 5.92 Å². The summed E-state index contributed by atoms with van der Waals surface area (Å²) >= 11 is 0. The molecule has 0 aromatic heterocycles. The lowest BCUT2D eigenvalue weighted by Gasteiger charge is -2.34. The molecule has 0 saturated carbocycles. The quantitative estimate of drug-likeness (QED) is 0.545. The van der Waals surface area contributed by atoms with Crippen LogP contribution in [0.5, 0.6) is 0 Å². The van der Waals surface area contributed by atoms with E-state index in [9.17, 15) is 9.59 Å². The number of allylic oxidation sites excluding steroid dienone is 3. The van der Waals surface area contributed by atoms with Gasteiger partial charge in [-0.3, -0.25) is 4.79 Å². The van der Waals surface area contributed by atoms with E-state index in [4.69, 9.17) is 4.74 Å². The molecule has 1 atom stereocenters. The molecule has 2 aromatic carbocycles. The van der Waals surface area contributed by atoms with Crippen LogP contribution in [0.2, 0.25) is 0 Å². The van der Waals surface area contributed by atoms with Crippen LogP contribution in [0.15, 0.2) is 77.1 Å². The number of ketones is 1. The molecule has 0 saturated heterocycles. The molecule has 4 rings (SSSR count). The number of Topliss-reactive ketones (excluding diaryl/α,β-unsaturated/α-hetero) is 1. The van der Waals surface area contributed by atoms with Crippen LogP contribution < -0.4 is 10.2 Å². The highest BCUT2D eigenvalue weighted by atomic mass is 16.5. The van der Waals surface area contributed by atoms with Gasteiger partial charge in [0, 0.05) is 54.5 Å². The van der Waals surface area contributed by atoms with Gasteiger partial charge in [0.2, 0.25) is 0 Å². The molecule has 1 heterocycles. The van der Waals surface area contributed by atoms with Crippen LogP contribution in [0.4, 0.5) is 5.69 Å². The van der Waals surface area contributed by atoms with E-state index in [1.54, 1.807) is 0 Å². The lowest BCUT2D eigenvalue weighted by atomic mass is 9.75. The molecule has 1 aliphatic heterocycles. The number of rotatable bonds is 8. The zero-order valence-electron chi connectivity index (χ0n) is 20.4. The molecule has 2 aliphatic rings. The summed E-state index contributed by atoms with van der Waals surface area (Å²) in [5.74, 6) is -0.642. The molecule has 0 unspecified atom stereocenters. The minimum Gasteiger partial charge on any atom is -0.462 e. The number of esters is 1. The fourth-order valence-corrected chi connectivity index (χ4v) is 5.04. The van der Waals surface area contributed by atoms with Crippen molar-refractivity contribution in [2.45, 2.75) is 52.4 Å².